The van der Waals surface area contributed by atoms with Gasteiger partial charge in [0.2, 0.25) is 0 Å². The Labute approximate surface area is 195 Å². The molecule has 2 aromatic rings. The SMILES string of the molecule is N#Cc1cc(C(O)C2CCCCN2)ccc1N.OC(c1ccccc1Cl)C1CCCCN1. The summed E-state index contributed by atoms with van der Waals surface area (Å²) < 4.78 is 0. The van der Waals surface area contributed by atoms with Gasteiger partial charge in [-0.1, -0.05) is 48.7 Å². The zero-order valence-electron chi connectivity index (χ0n) is 18.3. The number of anilines is 1. The first-order valence-corrected chi connectivity index (χ1v) is 11.8. The number of benzene rings is 2. The fourth-order valence-electron chi connectivity index (χ4n) is 4.32. The predicted octanol–water partition coefficient (Wildman–Crippen LogP) is 3.83. The Hall–Kier alpha value is -2.14. The number of nitrogens with zero attached hydrogens (tertiary/aromatic N) is 1. The van der Waals surface area contributed by atoms with E-state index in [9.17, 15) is 10.2 Å². The summed E-state index contributed by atoms with van der Waals surface area (Å²) in [5, 5.41) is 36.6. The molecular formula is C25H33ClN4O2. The van der Waals surface area contributed by atoms with Gasteiger partial charge in [0.05, 0.1) is 17.8 Å². The van der Waals surface area contributed by atoms with Crippen molar-refractivity contribution in [2.75, 3.05) is 18.8 Å². The third-order valence-electron chi connectivity index (χ3n) is 6.22. The van der Waals surface area contributed by atoms with Crippen LogP contribution in [0.15, 0.2) is 42.5 Å². The average molecular weight is 457 g/mol. The molecule has 2 fully saturated rings. The Morgan fingerprint density at radius 1 is 0.938 bits per heavy atom. The average Bonchev–Trinajstić information content (AvgIpc) is 2.85. The molecule has 172 valence electrons. The van der Waals surface area contributed by atoms with Crippen LogP contribution in [0.5, 0.6) is 0 Å². The fraction of sp³-hybridized carbons (Fsp3) is 0.480. The summed E-state index contributed by atoms with van der Waals surface area (Å²) in [6, 6.07) is 14.9. The summed E-state index contributed by atoms with van der Waals surface area (Å²) in [4.78, 5) is 0. The van der Waals surface area contributed by atoms with Crippen molar-refractivity contribution in [1.82, 2.24) is 10.6 Å². The lowest BCUT2D eigenvalue weighted by Gasteiger charge is -2.28. The third-order valence-corrected chi connectivity index (χ3v) is 6.57. The van der Waals surface area contributed by atoms with Gasteiger partial charge in [0.25, 0.3) is 0 Å². The van der Waals surface area contributed by atoms with E-state index in [1.54, 1.807) is 18.2 Å². The second kappa shape index (κ2) is 12.2. The van der Waals surface area contributed by atoms with Gasteiger partial charge in [0.1, 0.15) is 6.07 Å². The molecule has 4 rings (SSSR count). The molecule has 0 radical (unpaired) electrons. The quantitative estimate of drug-likeness (QED) is 0.447. The van der Waals surface area contributed by atoms with Crippen LogP contribution in [0.25, 0.3) is 0 Å². The van der Waals surface area contributed by atoms with Gasteiger partial charge >= 0.3 is 0 Å². The minimum atomic E-state index is -0.567. The van der Waals surface area contributed by atoms with Crippen molar-refractivity contribution in [2.45, 2.75) is 62.8 Å². The molecule has 2 heterocycles. The number of halogens is 1. The zero-order valence-corrected chi connectivity index (χ0v) is 19.1. The number of aliphatic hydroxyl groups is 2. The predicted molar refractivity (Wildman–Crippen MR) is 128 cm³/mol. The number of nitriles is 1. The molecule has 6 nitrogen and oxygen atoms in total. The van der Waals surface area contributed by atoms with Crippen molar-refractivity contribution < 1.29 is 10.2 Å². The van der Waals surface area contributed by atoms with Gasteiger partial charge < -0.3 is 26.6 Å². The number of nitrogens with two attached hydrogens (primary N) is 1. The van der Waals surface area contributed by atoms with Crippen LogP contribution >= 0.6 is 11.6 Å². The van der Waals surface area contributed by atoms with Crippen LogP contribution in [0.4, 0.5) is 5.69 Å². The molecule has 0 spiro atoms. The molecule has 2 aliphatic rings. The normalized spacial score (nSPS) is 22.7. The first kappa shape index (κ1) is 24.5. The second-order valence-electron chi connectivity index (χ2n) is 8.48. The highest BCUT2D eigenvalue weighted by Gasteiger charge is 2.24. The van der Waals surface area contributed by atoms with Crippen LogP contribution in [0.2, 0.25) is 5.02 Å². The van der Waals surface area contributed by atoms with Gasteiger partial charge in [-0.25, -0.2) is 0 Å². The van der Waals surface area contributed by atoms with Crippen molar-refractivity contribution in [2.24, 2.45) is 0 Å². The number of aliphatic hydroxyl groups excluding tert-OH is 2. The first-order chi connectivity index (χ1) is 15.5. The summed E-state index contributed by atoms with van der Waals surface area (Å²) in [6.45, 7) is 1.94. The standard InChI is InChI=1S/C13H17N3O.C12H16ClNO/c14-8-10-7-9(4-5-11(10)15)13(17)12-3-1-2-6-16-12;13-10-6-2-1-5-9(10)12(15)11-7-3-4-8-14-11/h4-5,7,12-13,16-17H,1-3,6,15H2;1-2,5-6,11-12,14-15H,3-4,7-8H2. The van der Waals surface area contributed by atoms with Crippen molar-refractivity contribution in [1.29, 1.82) is 5.26 Å². The van der Waals surface area contributed by atoms with Crippen LogP contribution in [-0.4, -0.2) is 35.4 Å². The molecule has 4 atom stereocenters. The van der Waals surface area contributed by atoms with E-state index in [0.29, 0.717) is 16.3 Å². The Morgan fingerprint density at radius 3 is 2.12 bits per heavy atom. The Kier molecular flexibility index (Phi) is 9.34. The number of hydrogen-bond donors (Lipinski definition) is 5. The second-order valence-corrected chi connectivity index (χ2v) is 8.89. The van der Waals surface area contributed by atoms with Gasteiger partial charge in [-0.05, 0) is 62.5 Å². The highest BCUT2D eigenvalue weighted by Crippen LogP contribution is 2.28. The molecule has 2 aliphatic heterocycles. The van der Waals surface area contributed by atoms with Gasteiger partial charge in [-0.15, -0.1) is 0 Å². The van der Waals surface area contributed by atoms with E-state index in [1.807, 2.05) is 30.3 Å². The van der Waals surface area contributed by atoms with Crippen molar-refractivity contribution in [3.8, 4) is 6.07 Å². The number of rotatable bonds is 4. The Morgan fingerprint density at radius 2 is 1.56 bits per heavy atom. The van der Waals surface area contributed by atoms with Gasteiger partial charge in [-0.3, -0.25) is 0 Å². The van der Waals surface area contributed by atoms with Gasteiger partial charge in [0.15, 0.2) is 0 Å². The van der Waals surface area contributed by atoms with E-state index < -0.39 is 12.2 Å². The summed E-state index contributed by atoms with van der Waals surface area (Å²) in [5.74, 6) is 0. The number of hydrogen-bond acceptors (Lipinski definition) is 6. The lowest BCUT2D eigenvalue weighted by Crippen LogP contribution is -2.38. The van der Waals surface area contributed by atoms with Crippen molar-refractivity contribution >= 4 is 17.3 Å². The van der Waals surface area contributed by atoms with E-state index >= 15 is 0 Å². The van der Waals surface area contributed by atoms with Crippen molar-refractivity contribution in [3.05, 3.63) is 64.2 Å². The molecule has 2 saturated heterocycles. The molecule has 0 saturated carbocycles. The molecule has 32 heavy (non-hydrogen) atoms. The summed E-state index contributed by atoms with van der Waals surface area (Å²) in [5.41, 5.74) is 8.14. The highest BCUT2D eigenvalue weighted by molar-refractivity contribution is 6.31. The minimum absolute atomic E-state index is 0.0823. The molecule has 0 amide bonds. The van der Waals surface area contributed by atoms with Crippen LogP contribution in [0.1, 0.15) is 67.4 Å². The van der Waals surface area contributed by atoms with Gasteiger partial charge in [0, 0.05) is 28.4 Å². The largest absolute Gasteiger partial charge is 0.398 e. The maximum Gasteiger partial charge on any atom is 0.101 e. The molecule has 7 heteroatoms. The third kappa shape index (κ3) is 6.44. The fourth-order valence-corrected chi connectivity index (χ4v) is 4.56. The number of nitrogen functional groups attached to an aromatic ring is 1. The van der Waals surface area contributed by atoms with Crippen molar-refractivity contribution in [3.63, 3.8) is 0 Å². The van der Waals surface area contributed by atoms with E-state index in [0.717, 1.165) is 49.9 Å². The van der Waals surface area contributed by atoms with Crippen LogP contribution in [0, 0.1) is 11.3 Å². The lowest BCUT2D eigenvalue weighted by molar-refractivity contribution is 0.114. The minimum Gasteiger partial charge on any atom is -0.398 e. The van der Waals surface area contributed by atoms with Crippen LogP contribution < -0.4 is 16.4 Å². The maximum atomic E-state index is 10.2. The molecule has 6 N–H and O–H groups in total. The van der Waals surface area contributed by atoms with Gasteiger partial charge in [-0.2, -0.15) is 5.26 Å². The molecule has 0 aromatic heterocycles. The monoisotopic (exact) mass is 456 g/mol. The summed E-state index contributed by atoms with van der Waals surface area (Å²) >= 11 is 6.05. The van der Waals surface area contributed by atoms with E-state index in [2.05, 4.69) is 10.6 Å². The molecule has 4 unspecified atom stereocenters. The van der Waals surface area contributed by atoms with Crippen LogP contribution in [-0.2, 0) is 0 Å². The highest BCUT2D eigenvalue weighted by atomic mass is 35.5. The zero-order chi connectivity index (χ0) is 22.9. The van der Waals surface area contributed by atoms with E-state index in [4.69, 9.17) is 22.6 Å². The summed E-state index contributed by atoms with van der Waals surface area (Å²) in [6.07, 6.45) is 5.61. The Balaban J connectivity index is 0.000000182. The smallest absolute Gasteiger partial charge is 0.101 e. The van der Waals surface area contributed by atoms with Crippen LogP contribution in [0.3, 0.4) is 0 Å². The Bertz CT molecular complexity index is 905. The maximum absolute atomic E-state index is 10.2. The first-order valence-electron chi connectivity index (χ1n) is 11.4. The molecule has 0 bridgehead atoms. The van der Waals surface area contributed by atoms with E-state index in [-0.39, 0.29) is 12.1 Å². The van der Waals surface area contributed by atoms with E-state index in [1.165, 1.54) is 12.8 Å². The molecule has 2 aromatic carbocycles. The number of piperidine rings is 2. The lowest BCUT2D eigenvalue weighted by atomic mass is 9.94. The molecule has 0 aliphatic carbocycles. The summed E-state index contributed by atoms with van der Waals surface area (Å²) in [7, 11) is 0. The topological polar surface area (TPSA) is 114 Å². The number of nitrogens with one attached hydrogen (secondary N) is 2. The molecular weight excluding hydrogens is 424 g/mol.